The van der Waals surface area contributed by atoms with Gasteiger partial charge in [0.1, 0.15) is 0 Å². The molecule has 1 rings (SSSR count). The molecule has 0 saturated carbocycles. The standard InChI is InChI=1S/C14H18N2O4/c1-3-11(10-7-5-4-6-8-10)13(18)20-9-12(17)16-14(19)15-2/h4-8,11H,3,9H2,1-2H3,(H2,15,16,17,19)/t11-/m0/s1. The monoisotopic (exact) mass is 278 g/mol. The smallest absolute Gasteiger partial charge is 0.321 e. The third kappa shape index (κ3) is 4.72. The van der Waals surface area contributed by atoms with Crippen LogP contribution in [0.4, 0.5) is 4.79 Å². The van der Waals surface area contributed by atoms with Gasteiger partial charge in [-0.2, -0.15) is 0 Å². The number of amides is 3. The average molecular weight is 278 g/mol. The third-order valence-corrected chi connectivity index (χ3v) is 2.72. The minimum atomic E-state index is -0.666. The highest BCUT2D eigenvalue weighted by Gasteiger charge is 2.21. The van der Waals surface area contributed by atoms with Gasteiger partial charge in [0.2, 0.25) is 0 Å². The summed E-state index contributed by atoms with van der Waals surface area (Å²) in [5.41, 5.74) is 0.840. The molecule has 1 aromatic carbocycles. The van der Waals surface area contributed by atoms with Crippen molar-refractivity contribution in [3.05, 3.63) is 35.9 Å². The summed E-state index contributed by atoms with van der Waals surface area (Å²) in [6.45, 7) is 1.39. The van der Waals surface area contributed by atoms with Gasteiger partial charge in [-0.25, -0.2) is 4.79 Å². The maximum atomic E-state index is 11.9. The molecule has 0 aliphatic heterocycles. The Morgan fingerprint density at radius 1 is 1.20 bits per heavy atom. The third-order valence-electron chi connectivity index (χ3n) is 2.72. The Bertz CT molecular complexity index is 473. The summed E-state index contributed by atoms with van der Waals surface area (Å²) in [4.78, 5) is 34.1. The number of esters is 1. The molecule has 0 heterocycles. The highest BCUT2D eigenvalue weighted by Crippen LogP contribution is 2.20. The van der Waals surface area contributed by atoms with Gasteiger partial charge in [0.05, 0.1) is 5.92 Å². The number of ether oxygens (including phenoxy) is 1. The van der Waals surface area contributed by atoms with Gasteiger partial charge >= 0.3 is 12.0 Å². The normalized spacial score (nSPS) is 11.3. The van der Waals surface area contributed by atoms with Gasteiger partial charge in [0.15, 0.2) is 6.61 Å². The molecule has 0 radical (unpaired) electrons. The van der Waals surface area contributed by atoms with E-state index < -0.39 is 30.4 Å². The summed E-state index contributed by atoms with van der Waals surface area (Å²) < 4.78 is 4.93. The van der Waals surface area contributed by atoms with Gasteiger partial charge in [-0.1, -0.05) is 37.3 Å². The molecular formula is C14H18N2O4. The number of imide groups is 1. The Hall–Kier alpha value is -2.37. The van der Waals surface area contributed by atoms with E-state index in [2.05, 4.69) is 5.32 Å². The minimum Gasteiger partial charge on any atom is -0.455 e. The fourth-order valence-corrected chi connectivity index (χ4v) is 1.69. The largest absolute Gasteiger partial charge is 0.455 e. The summed E-state index contributed by atoms with van der Waals surface area (Å²) in [7, 11) is 1.39. The minimum absolute atomic E-state index is 0.413. The summed E-state index contributed by atoms with van der Waals surface area (Å²) in [6.07, 6.45) is 0.569. The van der Waals surface area contributed by atoms with E-state index in [-0.39, 0.29) is 0 Å². The highest BCUT2D eigenvalue weighted by molar-refractivity contribution is 5.95. The number of carbonyl (C=O) groups excluding carboxylic acids is 3. The Balaban J connectivity index is 2.53. The first kappa shape index (κ1) is 15.7. The molecule has 20 heavy (non-hydrogen) atoms. The zero-order valence-corrected chi connectivity index (χ0v) is 11.5. The van der Waals surface area contributed by atoms with Crippen LogP contribution in [0.2, 0.25) is 0 Å². The highest BCUT2D eigenvalue weighted by atomic mass is 16.5. The molecule has 2 N–H and O–H groups in total. The lowest BCUT2D eigenvalue weighted by molar-refractivity contribution is -0.149. The van der Waals surface area contributed by atoms with Crippen molar-refractivity contribution in [1.82, 2.24) is 10.6 Å². The summed E-state index contributed by atoms with van der Waals surface area (Å²) in [6, 6.07) is 8.56. The van der Waals surface area contributed by atoms with E-state index >= 15 is 0 Å². The van der Waals surface area contributed by atoms with Gasteiger partial charge < -0.3 is 10.1 Å². The molecule has 0 aromatic heterocycles. The van der Waals surface area contributed by atoms with Crippen molar-refractivity contribution in [2.24, 2.45) is 0 Å². The first-order chi connectivity index (χ1) is 9.58. The van der Waals surface area contributed by atoms with Crippen molar-refractivity contribution >= 4 is 17.9 Å². The van der Waals surface area contributed by atoms with Gasteiger partial charge in [0, 0.05) is 7.05 Å². The maximum Gasteiger partial charge on any atom is 0.321 e. The Morgan fingerprint density at radius 2 is 1.85 bits per heavy atom. The second kappa shape index (κ2) is 7.93. The van der Waals surface area contributed by atoms with Crippen molar-refractivity contribution in [3.63, 3.8) is 0 Å². The molecule has 0 aliphatic carbocycles. The molecule has 6 heteroatoms. The first-order valence-electron chi connectivity index (χ1n) is 6.31. The maximum absolute atomic E-state index is 11.9. The SMILES string of the molecule is CC[C@H](C(=O)OCC(=O)NC(=O)NC)c1ccccc1. The Labute approximate surface area is 117 Å². The molecule has 108 valence electrons. The van der Waals surface area contributed by atoms with E-state index in [1.165, 1.54) is 7.05 Å². The van der Waals surface area contributed by atoms with E-state index in [4.69, 9.17) is 4.74 Å². The fraction of sp³-hybridized carbons (Fsp3) is 0.357. The molecular weight excluding hydrogens is 260 g/mol. The molecule has 1 atom stereocenters. The van der Waals surface area contributed by atoms with Crippen LogP contribution in [0.25, 0.3) is 0 Å². The van der Waals surface area contributed by atoms with Gasteiger partial charge in [-0.3, -0.25) is 14.9 Å². The van der Waals surface area contributed by atoms with E-state index in [1.54, 1.807) is 0 Å². The Kier molecular flexibility index (Phi) is 6.22. The van der Waals surface area contributed by atoms with Crippen molar-refractivity contribution in [2.75, 3.05) is 13.7 Å². The van der Waals surface area contributed by atoms with Gasteiger partial charge in [-0.15, -0.1) is 0 Å². The summed E-state index contributed by atoms with van der Waals surface area (Å²) >= 11 is 0. The predicted molar refractivity (Wildman–Crippen MR) is 73.0 cm³/mol. The van der Waals surface area contributed by atoms with Crippen LogP contribution < -0.4 is 10.6 Å². The van der Waals surface area contributed by atoms with Crippen LogP contribution in [-0.2, 0) is 14.3 Å². The van der Waals surface area contributed by atoms with Crippen LogP contribution in [0, 0.1) is 0 Å². The number of carbonyl (C=O) groups is 3. The van der Waals surface area contributed by atoms with Crippen LogP contribution in [0.1, 0.15) is 24.8 Å². The fourth-order valence-electron chi connectivity index (χ4n) is 1.69. The lowest BCUT2D eigenvalue weighted by atomic mass is 9.97. The van der Waals surface area contributed by atoms with Crippen LogP contribution in [0.5, 0.6) is 0 Å². The van der Waals surface area contributed by atoms with E-state index in [0.29, 0.717) is 6.42 Å². The quantitative estimate of drug-likeness (QED) is 0.792. The molecule has 6 nitrogen and oxygen atoms in total. The van der Waals surface area contributed by atoms with E-state index in [1.807, 2.05) is 42.6 Å². The second-order valence-corrected chi connectivity index (χ2v) is 4.11. The molecule has 0 aliphatic rings. The number of hydrogen-bond donors (Lipinski definition) is 2. The number of hydrogen-bond acceptors (Lipinski definition) is 4. The molecule has 0 saturated heterocycles. The molecule has 0 fully saturated rings. The van der Waals surface area contributed by atoms with Crippen molar-refractivity contribution in [3.8, 4) is 0 Å². The Morgan fingerprint density at radius 3 is 2.40 bits per heavy atom. The summed E-state index contributed by atoms with van der Waals surface area (Å²) in [5, 5.41) is 4.25. The zero-order valence-electron chi connectivity index (χ0n) is 11.5. The van der Waals surface area contributed by atoms with Crippen LogP contribution in [0.15, 0.2) is 30.3 Å². The van der Waals surface area contributed by atoms with Crippen molar-refractivity contribution in [2.45, 2.75) is 19.3 Å². The number of rotatable bonds is 5. The average Bonchev–Trinajstić information content (AvgIpc) is 2.47. The molecule has 1 aromatic rings. The topological polar surface area (TPSA) is 84.5 Å². The molecule has 3 amide bonds. The number of urea groups is 1. The molecule has 0 unspecified atom stereocenters. The van der Waals surface area contributed by atoms with Crippen molar-refractivity contribution < 1.29 is 19.1 Å². The van der Waals surface area contributed by atoms with E-state index in [0.717, 1.165) is 5.56 Å². The van der Waals surface area contributed by atoms with Gasteiger partial charge in [-0.05, 0) is 12.0 Å². The first-order valence-corrected chi connectivity index (χ1v) is 6.31. The summed E-state index contributed by atoms with van der Waals surface area (Å²) in [5.74, 6) is -1.56. The van der Waals surface area contributed by atoms with Crippen LogP contribution >= 0.6 is 0 Å². The molecule has 0 spiro atoms. The predicted octanol–water partition coefficient (Wildman–Crippen LogP) is 1.18. The zero-order chi connectivity index (χ0) is 15.0. The number of benzene rings is 1. The van der Waals surface area contributed by atoms with E-state index in [9.17, 15) is 14.4 Å². The lowest BCUT2D eigenvalue weighted by Crippen LogP contribution is -2.40. The lowest BCUT2D eigenvalue weighted by Gasteiger charge is -2.14. The number of nitrogens with one attached hydrogen (secondary N) is 2. The van der Waals surface area contributed by atoms with Gasteiger partial charge in [0.25, 0.3) is 5.91 Å². The van der Waals surface area contributed by atoms with Crippen molar-refractivity contribution in [1.29, 1.82) is 0 Å². The second-order valence-electron chi connectivity index (χ2n) is 4.11. The van der Waals surface area contributed by atoms with Crippen LogP contribution in [0.3, 0.4) is 0 Å². The molecule has 0 bridgehead atoms. The van der Waals surface area contributed by atoms with Crippen LogP contribution in [-0.4, -0.2) is 31.6 Å².